The van der Waals surface area contributed by atoms with Gasteiger partial charge in [0.05, 0.1) is 12.5 Å². The predicted molar refractivity (Wildman–Crippen MR) is 50.1 cm³/mol. The van der Waals surface area contributed by atoms with Gasteiger partial charge in [-0.05, 0) is 12.1 Å². The summed E-state index contributed by atoms with van der Waals surface area (Å²) < 4.78 is 40.1. The molecule has 0 spiro atoms. The van der Waals surface area contributed by atoms with Crippen LogP contribution in [-0.2, 0) is 6.42 Å². The van der Waals surface area contributed by atoms with Crippen molar-refractivity contribution in [1.29, 1.82) is 5.26 Å². The first-order chi connectivity index (χ1) is 6.94. The molecule has 0 saturated carbocycles. The van der Waals surface area contributed by atoms with Crippen LogP contribution >= 0.6 is 15.9 Å². The third-order valence-electron chi connectivity index (χ3n) is 1.56. The van der Waals surface area contributed by atoms with Gasteiger partial charge in [-0.2, -0.15) is 5.26 Å². The Balaban J connectivity index is 3.07. The van der Waals surface area contributed by atoms with E-state index in [-0.39, 0.29) is 17.7 Å². The largest absolute Gasteiger partial charge is 0.573 e. The zero-order valence-corrected chi connectivity index (χ0v) is 8.89. The number of alkyl halides is 3. The third-order valence-corrected chi connectivity index (χ3v) is 2.30. The van der Waals surface area contributed by atoms with E-state index in [1.807, 2.05) is 0 Å². The molecule has 0 heterocycles. The lowest BCUT2D eigenvalue weighted by Crippen LogP contribution is -2.18. The van der Waals surface area contributed by atoms with Gasteiger partial charge in [0.1, 0.15) is 5.75 Å². The van der Waals surface area contributed by atoms with Crippen molar-refractivity contribution >= 4 is 15.9 Å². The Morgan fingerprint density at radius 1 is 1.40 bits per heavy atom. The summed E-state index contributed by atoms with van der Waals surface area (Å²) in [6.45, 7) is 0. The van der Waals surface area contributed by atoms with E-state index in [0.29, 0.717) is 4.47 Å². The molecule has 0 aliphatic carbocycles. The van der Waals surface area contributed by atoms with Crippen LogP contribution in [0.5, 0.6) is 5.75 Å². The number of hydrogen-bond acceptors (Lipinski definition) is 2. The molecule has 0 saturated heterocycles. The van der Waals surface area contributed by atoms with Crippen LogP contribution in [-0.4, -0.2) is 6.36 Å². The minimum Gasteiger partial charge on any atom is -0.405 e. The predicted octanol–water partition coefficient (Wildman–Crippen LogP) is 3.41. The van der Waals surface area contributed by atoms with Crippen LogP contribution in [0.1, 0.15) is 5.56 Å². The van der Waals surface area contributed by atoms with Crippen molar-refractivity contribution in [3.05, 3.63) is 28.2 Å². The lowest BCUT2D eigenvalue weighted by Gasteiger charge is -2.12. The average Bonchev–Trinajstić information content (AvgIpc) is 2.08. The zero-order chi connectivity index (χ0) is 11.5. The standard InChI is InChI=1S/C9H5BrF3NO/c10-7-2-1-3-8(6(7)4-5-14)15-9(11,12)13/h1-3H,4H2. The second kappa shape index (κ2) is 4.53. The molecule has 0 aliphatic heterocycles. The molecular weight excluding hydrogens is 275 g/mol. The summed E-state index contributed by atoms with van der Waals surface area (Å²) in [6, 6.07) is 5.91. The summed E-state index contributed by atoms with van der Waals surface area (Å²) in [7, 11) is 0. The van der Waals surface area contributed by atoms with Crippen LogP contribution in [0, 0.1) is 11.3 Å². The molecule has 0 aromatic heterocycles. The van der Waals surface area contributed by atoms with Gasteiger partial charge in [0.25, 0.3) is 0 Å². The maximum Gasteiger partial charge on any atom is 0.573 e. The van der Waals surface area contributed by atoms with Crippen molar-refractivity contribution in [2.75, 3.05) is 0 Å². The number of benzene rings is 1. The van der Waals surface area contributed by atoms with Crippen molar-refractivity contribution in [2.24, 2.45) is 0 Å². The Labute approximate surface area is 92.4 Å². The number of nitrogens with zero attached hydrogens (tertiary/aromatic N) is 1. The van der Waals surface area contributed by atoms with Gasteiger partial charge in [0.15, 0.2) is 0 Å². The fourth-order valence-electron chi connectivity index (χ4n) is 1.01. The Hall–Kier alpha value is -1.22. The highest BCUT2D eigenvalue weighted by Gasteiger charge is 2.32. The first-order valence-corrected chi connectivity index (χ1v) is 4.63. The van der Waals surface area contributed by atoms with E-state index in [9.17, 15) is 13.2 Å². The molecular formula is C9H5BrF3NO. The SMILES string of the molecule is N#CCc1c(Br)cccc1OC(F)(F)F. The van der Waals surface area contributed by atoms with Crippen molar-refractivity contribution in [1.82, 2.24) is 0 Å². The van der Waals surface area contributed by atoms with Crippen molar-refractivity contribution in [2.45, 2.75) is 12.8 Å². The van der Waals surface area contributed by atoms with Crippen LogP contribution in [0.2, 0.25) is 0 Å². The molecule has 0 unspecified atom stereocenters. The van der Waals surface area contributed by atoms with Gasteiger partial charge in [-0.3, -0.25) is 0 Å². The Kier molecular flexibility index (Phi) is 3.58. The average molecular weight is 280 g/mol. The fourth-order valence-corrected chi connectivity index (χ4v) is 1.50. The number of halogens is 4. The highest BCUT2D eigenvalue weighted by Crippen LogP contribution is 2.31. The zero-order valence-electron chi connectivity index (χ0n) is 7.31. The molecule has 15 heavy (non-hydrogen) atoms. The summed E-state index contributed by atoms with van der Waals surface area (Å²) in [6.07, 6.45) is -4.89. The molecule has 1 aromatic rings. The van der Waals surface area contributed by atoms with E-state index in [4.69, 9.17) is 5.26 Å². The van der Waals surface area contributed by atoms with Crippen LogP contribution in [0.25, 0.3) is 0 Å². The Morgan fingerprint density at radius 3 is 2.60 bits per heavy atom. The first kappa shape index (κ1) is 11.9. The highest BCUT2D eigenvalue weighted by molar-refractivity contribution is 9.10. The lowest BCUT2D eigenvalue weighted by molar-refractivity contribution is -0.274. The van der Waals surface area contributed by atoms with E-state index >= 15 is 0 Å². The van der Waals surface area contributed by atoms with Crippen molar-refractivity contribution in [3.8, 4) is 11.8 Å². The van der Waals surface area contributed by atoms with E-state index in [2.05, 4.69) is 20.7 Å². The quantitative estimate of drug-likeness (QED) is 0.831. The number of nitriles is 1. The molecule has 1 aromatic carbocycles. The second-order valence-corrected chi connectivity index (χ2v) is 3.45. The highest BCUT2D eigenvalue weighted by atomic mass is 79.9. The van der Waals surface area contributed by atoms with E-state index < -0.39 is 6.36 Å². The van der Waals surface area contributed by atoms with Crippen LogP contribution in [0.15, 0.2) is 22.7 Å². The van der Waals surface area contributed by atoms with Crippen LogP contribution in [0.3, 0.4) is 0 Å². The summed E-state index contributed by atoms with van der Waals surface area (Å²) >= 11 is 3.06. The van der Waals surface area contributed by atoms with Gasteiger partial charge in [0, 0.05) is 10.0 Å². The molecule has 0 amide bonds. The summed E-state index contributed by atoms with van der Waals surface area (Å²) in [4.78, 5) is 0. The third kappa shape index (κ3) is 3.44. The maximum atomic E-state index is 12.0. The number of rotatable bonds is 2. The smallest absolute Gasteiger partial charge is 0.405 e. The molecule has 6 heteroatoms. The summed E-state index contributed by atoms with van der Waals surface area (Å²) in [5.74, 6) is -0.349. The van der Waals surface area contributed by atoms with E-state index in [0.717, 1.165) is 0 Å². The monoisotopic (exact) mass is 279 g/mol. The molecule has 1 rings (SSSR count). The molecule has 0 atom stereocenters. The van der Waals surface area contributed by atoms with Gasteiger partial charge in [-0.1, -0.05) is 22.0 Å². The summed E-state index contributed by atoms with van der Waals surface area (Å²) in [5, 5.41) is 8.46. The maximum absolute atomic E-state index is 12.0. The van der Waals surface area contributed by atoms with Gasteiger partial charge in [-0.15, -0.1) is 13.2 Å². The molecule has 2 nitrogen and oxygen atoms in total. The minimum absolute atomic E-state index is 0.146. The van der Waals surface area contributed by atoms with Gasteiger partial charge in [0.2, 0.25) is 0 Å². The Bertz CT molecular complexity index is 397. The fraction of sp³-hybridized carbons (Fsp3) is 0.222. The molecule has 0 N–H and O–H groups in total. The van der Waals surface area contributed by atoms with Crippen molar-refractivity contribution in [3.63, 3.8) is 0 Å². The minimum atomic E-state index is -4.75. The molecule has 0 radical (unpaired) electrons. The van der Waals surface area contributed by atoms with Crippen LogP contribution < -0.4 is 4.74 Å². The van der Waals surface area contributed by atoms with Crippen LogP contribution in [0.4, 0.5) is 13.2 Å². The number of ether oxygens (including phenoxy) is 1. The molecule has 0 bridgehead atoms. The molecule has 0 fully saturated rings. The normalized spacial score (nSPS) is 10.9. The van der Waals surface area contributed by atoms with Crippen molar-refractivity contribution < 1.29 is 17.9 Å². The Morgan fingerprint density at radius 2 is 2.07 bits per heavy atom. The molecule has 80 valence electrons. The van der Waals surface area contributed by atoms with Gasteiger partial charge < -0.3 is 4.74 Å². The number of hydrogen-bond donors (Lipinski definition) is 0. The second-order valence-electron chi connectivity index (χ2n) is 2.60. The molecule has 0 aliphatic rings. The summed E-state index contributed by atoms with van der Waals surface area (Å²) in [5.41, 5.74) is 0.192. The lowest BCUT2D eigenvalue weighted by atomic mass is 10.1. The van der Waals surface area contributed by atoms with Gasteiger partial charge in [-0.25, -0.2) is 0 Å². The topological polar surface area (TPSA) is 33.0 Å². The van der Waals surface area contributed by atoms with E-state index in [1.165, 1.54) is 12.1 Å². The first-order valence-electron chi connectivity index (χ1n) is 3.84. The van der Waals surface area contributed by atoms with Gasteiger partial charge >= 0.3 is 6.36 Å². The van der Waals surface area contributed by atoms with E-state index in [1.54, 1.807) is 12.1 Å².